The van der Waals surface area contributed by atoms with Crippen molar-refractivity contribution in [3.05, 3.63) is 24.2 Å². The molecule has 0 spiro atoms. The third-order valence-electron chi connectivity index (χ3n) is 1.75. The smallest absolute Gasteiger partial charge is 0.0956 e. The van der Waals surface area contributed by atoms with E-state index in [1.807, 2.05) is 26.2 Å². The summed E-state index contributed by atoms with van der Waals surface area (Å²) in [7, 11) is 1.92. The molecule has 0 N–H and O–H groups in total. The largest absolute Gasteiger partial charge is 0.275 e. The van der Waals surface area contributed by atoms with Crippen LogP contribution in [0.4, 0.5) is 0 Å². The molecule has 0 aliphatic heterocycles. The van der Waals surface area contributed by atoms with Crippen LogP contribution in [-0.2, 0) is 7.05 Å². The summed E-state index contributed by atoms with van der Waals surface area (Å²) < 4.78 is 1.80. The van der Waals surface area contributed by atoms with Crippen LogP contribution < -0.4 is 0 Å². The molecule has 2 rings (SSSR count). The first-order valence-corrected chi connectivity index (χ1v) is 3.52. The topological polar surface area (TPSA) is 30.7 Å². The number of aryl methyl sites for hydroxylation is 2. The van der Waals surface area contributed by atoms with Gasteiger partial charge in [-0.3, -0.25) is 9.67 Å². The molecule has 0 unspecified atom stereocenters. The minimum Gasteiger partial charge on any atom is -0.275 e. The van der Waals surface area contributed by atoms with Crippen molar-refractivity contribution in [2.45, 2.75) is 6.92 Å². The second-order valence-electron chi connectivity index (χ2n) is 2.63. The molecule has 0 radical (unpaired) electrons. The molecule has 2 aromatic rings. The Bertz CT molecular complexity index is 389. The zero-order valence-corrected chi connectivity index (χ0v) is 6.57. The van der Waals surface area contributed by atoms with E-state index in [9.17, 15) is 0 Å². The molecule has 0 amide bonds. The van der Waals surface area contributed by atoms with Gasteiger partial charge in [-0.2, -0.15) is 5.10 Å². The van der Waals surface area contributed by atoms with E-state index in [0.717, 1.165) is 16.6 Å². The van der Waals surface area contributed by atoms with Gasteiger partial charge in [-0.25, -0.2) is 0 Å². The van der Waals surface area contributed by atoms with Crippen molar-refractivity contribution >= 4 is 10.9 Å². The lowest BCUT2D eigenvalue weighted by Gasteiger charge is -1.89. The van der Waals surface area contributed by atoms with Crippen LogP contribution in [0.2, 0.25) is 0 Å². The van der Waals surface area contributed by atoms with E-state index in [1.54, 1.807) is 10.9 Å². The summed E-state index contributed by atoms with van der Waals surface area (Å²) in [6.07, 6.45) is 3.77. The lowest BCUT2D eigenvalue weighted by molar-refractivity contribution is 0.779. The molecule has 2 heterocycles. The summed E-state index contributed by atoms with van der Waals surface area (Å²) in [5.41, 5.74) is 2.05. The summed E-state index contributed by atoms with van der Waals surface area (Å²) in [5, 5.41) is 5.38. The average Bonchev–Trinajstić information content (AvgIpc) is 2.31. The first-order chi connectivity index (χ1) is 5.27. The zero-order valence-electron chi connectivity index (χ0n) is 6.57. The van der Waals surface area contributed by atoms with Gasteiger partial charge in [0.15, 0.2) is 0 Å². The number of fused-ring (bicyclic) bond motifs is 1. The molecular weight excluding hydrogens is 138 g/mol. The normalized spacial score (nSPS) is 10.7. The fraction of sp³-hybridized carbons (Fsp3) is 0.250. The molecule has 0 aliphatic carbocycles. The Morgan fingerprint density at radius 3 is 3.00 bits per heavy atom. The Hall–Kier alpha value is -1.38. The van der Waals surface area contributed by atoms with Crippen molar-refractivity contribution in [1.82, 2.24) is 14.8 Å². The first kappa shape index (κ1) is 6.34. The summed E-state index contributed by atoms with van der Waals surface area (Å²) in [6.45, 7) is 1.99. The molecule has 2 aromatic heterocycles. The van der Waals surface area contributed by atoms with Crippen LogP contribution in [0.1, 0.15) is 5.69 Å². The van der Waals surface area contributed by atoms with Gasteiger partial charge in [0, 0.05) is 30.5 Å². The third-order valence-corrected chi connectivity index (χ3v) is 1.75. The second-order valence-corrected chi connectivity index (χ2v) is 2.63. The zero-order chi connectivity index (χ0) is 7.84. The van der Waals surface area contributed by atoms with E-state index in [4.69, 9.17) is 0 Å². The highest BCUT2D eigenvalue weighted by Crippen LogP contribution is 2.12. The monoisotopic (exact) mass is 147 g/mol. The average molecular weight is 147 g/mol. The Balaban J connectivity index is 2.90. The standard InChI is InChI=1S/C8H9N3/c1-6-7-5-11(2)10-8(7)3-4-9-6/h3-5H,1-2H3. The minimum atomic E-state index is 1.01. The highest BCUT2D eigenvalue weighted by Gasteiger charge is 1.99. The van der Waals surface area contributed by atoms with Crippen LogP contribution in [0, 0.1) is 6.92 Å². The predicted molar refractivity (Wildman–Crippen MR) is 43.2 cm³/mol. The van der Waals surface area contributed by atoms with E-state index in [-0.39, 0.29) is 0 Å². The molecule has 0 saturated carbocycles. The molecule has 0 saturated heterocycles. The van der Waals surface area contributed by atoms with Crippen LogP contribution in [0.25, 0.3) is 10.9 Å². The molecule has 3 heteroatoms. The molecule has 3 nitrogen and oxygen atoms in total. The van der Waals surface area contributed by atoms with Gasteiger partial charge in [-0.1, -0.05) is 0 Å². The maximum atomic E-state index is 4.25. The molecular formula is C8H9N3. The van der Waals surface area contributed by atoms with Gasteiger partial charge < -0.3 is 0 Å². The molecule has 0 atom stereocenters. The number of nitrogens with zero attached hydrogens (tertiary/aromatic N) is 3. The van der Waals surface area contributed by atoms with E-state index in [1.165, 1.54) is 0 Å². The van der Waals surface area contributed by atoms with Gasteiger partial charge in [0.25, 0.3) is 0 Å². The predicted octanol–water partition coefficient (Wildman–Crippen LogP) is 1.28. The van der Waals surface area contributed by atoms with Crippen molar-refractivity contribution < 1.29 is 0 Å². The number of aromatic nitrogens is 3. The summed E-state index contributed by atoms with van der Waals surface area (Å²) in [4.78, 5) is 4.17. The van der Waals surface area contributed by atoms with Crippen LogP contribution >= 0.6 is 0 Å². The lowest BCUT2D eigenvalue weighted by atomic mass is 10.3. The Morgan fingerprint density at radius 2 is 2.27 bits per heavy atom. The number of rotatable bonds is 0. The quantitative estimate of drug-likeness (QED) is 0.562. The van der Waals surface area contributed by atoms with Crippen LogP contribution in [0.5, 0.6) is 0 Å². The Morgan fingerprint density at radius 1 is 1.45 bits per heavy atom. The van der Waals surface area contributed by atoms with Crippen LogP contribution in [0.15, 0.2) is 18.5 Å². The van der Waals surface area contributed by atoms with E-state index < -0.39 is 0 Å². The summed E-state index contributed by atoms with van der Waals surface area (Å²) in [6, 6.07) is 1.92. The van der Waals surface area contributed by atoms with Gasteiger partial charge in [0.05, 0.1) is 5.52 Å². The number of pyridine rings is 1. The van der Waals surface area contributed by atoms with Gasteiger partial charge in [0.2, 0.25) is 0 Å². The van der Waals surface area contributed by atoms with Crippen molar-refractivity contribution in [3.8, 4) is 0 Å². The first-order valence-electron chi connectivity index (χ1n) is 3.52. The molecule has 11 heavy (non-hydrogen) atoms. The van der Waals surface area contributed by atoms with Crippen molar-refractivity contribution in [2.75, 3.05) is 0 Å². The van der Waals surface area contributed by atoms with Crippen molar-refractivity contribution in [2.24, 2.45) is 7.05 Å². The van der Waals surface area contributed by atoms with Crippen molar-refractivity contribution in [1.29, 1.82) is 0 Å². The van der Waals surface area contributed by atoms with Crippen LogP contribution in [0.3, 0.4) is 0 Å². The Labute approximate surface area is 64.7 Å². The fourth-order valence-electron chi connectivity index (χ4n) is 1.20. The molecule has 0 fully saturated rings. The van der Waals surface area contributed by atoms with Gasteiger partial charge in [0.1, 0.15) is 0 Å². The van der Waals surface area contributed by atoms with E-state index >= 15 is 0 Å². The minimum absolute atomic E-state index is 1.01. The third kappa shape index (κ3) is 0.888. The molecule has 56 valence electrons. The molecule has 0 aromatic carbocycles. The molecule has 0 bridgehead atoms. The second kappa shape index (κ2) is 2.05. The van der Waals surface area contributed by atoms with Crippen LogP contribution in [-0.4, -0.2) is 14.8 Å². The summed E-state index contributed by atoms with van der Waals surface area (Å²) in [5.74, 6) is 0. The highest BCUT2D eigenvalue weighted by atomic mass is 15.2. The number of hydrogen-bond acceptors (Lipinski definition) is 2. The fourth-order valence-corrected chi connectivity index (χ4v) is 1.20. The lowest BCUT2D eigenvalue weighted by Crippen LogP contribution is -1.84. The maximum absolute atomic E-state index is 4.25. The van der Waals surface area contributed by atoms with E-state index in [2.05, 4.69) is 10.1 Å². The van der Waals surface area contributed by atoms with Gasteiger partial charge in [-0.15, -0.1) is 0 Å². The molecule has 0 aliphatic rings. The van der Waals surface area contributed by atoms with Gasteiger partial charge in [-0.05, 0) is 13.0 Å². The Kier molecular flexibility index (Phi) is 1.18. The van der Waals surface area contributed by atoms with Gasteiger partial charge >= 0.3 is 0 Å². The van der Waals surface area contributed by atoms with Crippen molar-refractivity contribution in [3.63, 3.8) is 0 Å². The maximum Gasteiger partial charge on any atom is 0.0956 e. The summed E-state index contributed by atoms with van der Waals surface area (Å²) >= 11 is 0. The highest BCUT2D eigenvalue weighted by molar-refractivity contribution is 5.79. The SMILES string of the molecule is Cc1nccc2nn(C)cc12. The number of hydrogen-bond donors (Lipinski definition) is 0. The van der Waals surface area contributed by atoms with E-state index in [0.29, 0.717) is 0 Å².